The molecule has 2 aliphatic rings. The first-order chi connectivity index (χ1) is 9.78. The third kappa shape index (κ3) is 3.80. The van der Waals surface area contributed by atoms with Crippen LogP contribution in [0.4, 0.5) is 0 Å². The maximum Gasteiger partial charge on any atom is 0.0790 e. The van der Waals surface area contributed by atoms with Crippen molar-refractivity contribution >= 4 is 0 Å². The second kappa shape index (κ2) is 6.55. The van der Waals surface area contributed by atoms with Gasteiger partial charge in [-0.1, -0.05) is 25.7 Å². The molecule has 2 fully saturated rings. The average molecular weight is 296 g/mol. The van der Waals surface area contributed by atoms with Crippen molar-refractivity contribution in [1.29, 1.82) is 0 Å². The minimum Gasteiger partial charge on any atom is -0.368 e. The summed E-state index contributed by atoms with van der Waals surface area (Å²) in [4.78, 5) is 2.62. The molecule has 1 N–H and O–H groups in total. The number of ether oxygens (including phenoxy) is 1. The van der Waals surface area contributed by atoms with Crippen LogP contribution in [0, 0.1) is 5.92 Å². The molecule has 0 bridgehead atoms. The maximum atomic E-state index is 6.38. The van der Waals surface area contributed by atoms with E-state index in [0.29, 0.717) is 12.0 Å². The Morgan fingerprint density at radius 1 is 1.00 bits per heavy atom. The Balaban J connectivity index is 2.05. The predicted octanol–water partition coefficient (Wildman–Crippen LogP) is 3.43. The van der Waals surface area contributed by atoms with Crippen LogP contribution in [0.5, 0.6) is 0 Å². The van der Waals surface area contributed by atoms with E-state index in [4.69, 9.17) is 4.74 Å². The van der Waals surface area contributed by atoms with Gasteiger partial charge in [0.1, 0.15) is 0 Å². The lowest BCUT2D eigenvalue weighted by Gasteiger charge is -2.36. The molecule has 1 aliphatic carbocycles. The number of rotatable bonds is 4. The average Bonchev–Trinajstić information content (AvgIpc) is 2.59. The van der Waals surface area contributed by atoms with Gasteiger partial charge in [-0.15, -0.1) is 0 Å². The smallest absolute Gasteiger partial charge is 0.0790 e. The van der Waals surface area contributed by atoms with Gasteiger partial charge in [0.2, 0.25) is 0 Å². The van der Waals surface area contributed by atoms with Crippen LogP contribution in [0.25, 0.3) is 0 Å². The number of nitrogens with one attached hydrogen (secondary N) is 1. The summed E-state index contributed by atoms with van der Waals surface area (Å²) in [5.74, 6) is 0.533. The normalized spacial score (nSPS) is 33.3. The molecule has 124 valence electrons. The van der Waals surface area contributed by atoms with Gasteiger partial charge < -0.3 is 15.0 Å². The fourth-order valence-corrected chi connectivity index (χ4v) is 4.73. The van der Waals surface area contributed by atoms with E-state index in [1.807, 2.05) is 0 Å². The first kappa shape index (κ1) is 17.2. The Kier molecular flexibility index (Phi) is 5.38. The van der Waals surface area contributed by atoms with E-state index < -0.39 is 0 Å². The molecule has 3 nitrogen and oxygen atoms in total. The molecule has 1 aliphatic heterocycles. The summed E-state index contributed by atoms with van der Waals surface area (Å²) >= 11 is 0. The molecule has 1 saturated carbocycles. The molecule has 3 heteroatoms. The molecule has 0 spiro atoms. The van der Waals surface area contributed by atoms with E-state index in [1.54, 1.807) is 0 Å². The SMILES string of the molecule is CNC1C(CN(C)C2CCCCCC2)C(C)(C)OC1(C)C. The van der Waals surface area contributed by atoms with E-state index in [2.05, 4.69) is 52.0 Å². The van der Waals surface area contributed by atoms with E-state index >= 15 is 0 Å². The quantitative estimate of drug-likeness (QED) is 0.804. The van der Waals surface area contributed by atoms with Gasteiger partial charge in [-0.2, -0.15) is 0 Å². The van der Waals surface area contributed by atoms with Crippen LogP contribution in [0.15, 0.2) is 0 Å². The first-order valence-corrected chi connectivity index (χ1v) is 8.85. The van der Waals surface area contributed by atoms with Crippen molar-refractivity contribution in [1.82, 2.24) is 10.2 Å². The molecule has 1 heterocycles. The van der Waals surface area contributed by atoms with Crippen LogP contribution in [0.2, 0.25) is 0 Å². The van der Waals surface area contributed by atoms with Gasteiger partial charge in [0.25, 0.3) is 0 Å². The summed E-state index contributed by atoms with van der Waals surface area (Å²) in [6.07, 6.45) is 8.40. The summed E-state index contributed by atoms with van der Waals surface area (Å²) in [5.41, 5.74) is -0.149. The summed E-state index contributed by atoms with van der Waals surface area (Å²) in [6, 6.07) is 1.19. The van der Waals surface area contributed by atoms with Crippen molar-refractivity contribution in [3.63, 3.8) is 0 Å². The van der Waals surface area contributed by atoms with E-state index in [9.17, 15) is 0 Å². The van der Waals surface area contributed by atoms with E-state index in [-0.39, 0.29) is 11.2 Å². The lowest BCUT2D eigenvalue weighted by atomic mass is 9.82. The zero-order valence-corrected chi connectivity index (χ0v) is 15.0. The zero-order chi connectivity index (χ0) is 15.7. The van der Waals surface area contributed by atoms with Crippen molar-refractivity contribution in [2.75, 3.05) is 20.6 Å². The van der Waals surface area contributed by atoms with Gasteiger partial charge in [-0.3, -0.25) is 0 Å². The second-order valence-corrected chi connectivity index (χ2v) is 8.27. The minimum atomic E-state index is -0.0901. The Bertz CT molecular complexity index is 332. The highest BCUT2D eigenvalue weighted by atomic mass is 16.5. The number of hydrogen-bond donors (Lipinski definition) is 1. The van der Waals surface area contributed by atoms with Crippen LogP contribution < -0.4 is 5.32 Å². The molecular formula is C18H36N2O. The fourth-order valence-electron chi connectivity index (χ4n) is 4.73. The van der Waals surface area contributed by atoms with Crippen molar-refractivity contribution in [2.24, 2.45) is 5.92 Å². The molecule has 0 aromatic carbocycles. The minimum absolute atomic E-state index is 0.0594. The summed E-state index contributed by atoms with van der Waals surface area (Å²) in [6.45, 7) is 10.1. The molecule has 0 aromatic heterocycles. The topological polar surface area (TPSA) is 24.5 Å². The zero-order valence-electron chi connectivity index (χ0n) is 15.0. The van der Waals surface area contributed by atoms with E-state index in [1.165, 1.54) is 38.5 Å². The van der Waals surface area contributed by atoms with Crippen molar-refractivity contribution in [3.8, 4) is 0 Å². The lowest BCUT2D eigenvalue weighted by molar-refractivity contribution is -0.0797. The number of nitrogens with zero attached hydrogens (tertiary/aromatic N) is 1. The Morgan fingerprint density at radius 2 is 1.57 bits per heavy atom. The van der Waals surface area contributed by atoms with Crippen LogP contribution in [-0.2, 0) is 4.74 Å². The van der Waals surface area contributed by atoms with Gasteiger partial charge in [0, 0.05) is 24.5 Å². The molecule has 0 amide bonds. The highest BCUT2D eigenvalue weighted by molar-refractivity contribution is 5.05. The fraction of sp³-hybridized carbons (Fsp3) is 1.00. The first-order valence-electron chi connectivity index (χ1n) is 8.85. The number of hydrogen-bond acceptors (Lipinski definition) is 3. The van der Waals surface area contributed by atoms with Crippen molar-refractivity contribution in [2.45, 2.75) is 89.5 Å². The predicted molar refractivity (Wildman–Crippen MR) is 89.7 cm³/mol. The Labute approximate surface area is 131 Å². The standard InChI is InChI=1S/C18H36N2O/c1-17(2)15(16(19-5)18(3,4)21-17)13-20(6)14-11-9-7-8-10-12-14/h14-16,19H,7-13H2,1-6H3. The molecule has 2 atom stereocenters. The third-order valence-electron chi connectivity index (χ3n) is 5.81. The third-order valence-corrected chi connectivity index (χ3v) is 5.81. The highest BCUT2D eigenvalue weighted by Gasteiger charge is 2.53. The van der Waals surface area contributed by atoms with Crippen LogP contribution in [0.3, 0.4) is 0 Å². The molecular weight excluding hydrogens is 260 g/mol. The Morgan fingerprint density at radius 3 is 2.10 bits per heavy atom. The van der Waals surface area contributed by atoms with Crippen molar-refractivity contribution in [3.05, 3.63) is 0 Å². The molecule has 21 heavy (non-hydrogen) atoms. The lowest BCUT2D eigenvalue weighted by Crippen LogP contribution is -2.50. The molecule has 0 radical (unpaired) electrons. The van der Waals surface area contributed by atoms with Crippen LogP contribution >= 0.6 is 0 Å². The van der Waals surface area contributed by atoms with Gasteiger partial charge in [0.15, 0.2) is 0 Å². The van der Waals surface area contributed by atoms with Crippen LogP contribution in [0.1, 0.15) is 66.2 Å². The number of likely N-dealkylation sites (N-methyl/N-ethyl adjacent to an activating group) is 1. The van der Waals surface area contributed by atoms with Gasteiger partial charge in [-0.25, -0.2) is 0 Å². The summed E-state index contributed by atoms with van der Waals surface area (Å²) in [5, 5.41) is 3.53. The largest absolute Gasteiger partial charge is 0.368 e. The molecule has 1 saturated heterocycles. The monoisotopic (exact) mass is 296 g/mol. The van der Waals surface area contributed by atoms with Crippen LogP contribution in [-0.4, -0.2) is 48.8 Å². The second-order valence-electron chi connectivity index (χ2n) is 8.27. The molecule has 2 rings (SSSR count). The maximum absolute atomic E-state index is 6.38. The van der Waals surface area contributed by atoms with E-state index in [0.717, 1.165) is 12.6 Å². The molecule has 0 aromatic rings. The molecule has 2 unspecified atom stereocenters. The highest BCUT2D eigenvalue weighted by Crippen LogP contribution is 2.42. The summed E-state index contributed by atoms with van der Waals surface area (Å²) < 4.78 is 6.38. The summed E-state index contributed by atoms with van der Waals surface area (Å²) in [7, 11) is 4.40. The van der Waals surface area contributed by atoms with Gasteiger partial charge >= 0.3 is 0 Å². The van der Waals surface area contributed by atoms with Gasteiger partial charge in [-0.05, 0) is 54.6 Å². The Hall–Kier alpha value is -0.120. The van der Waals surface area contributed by atoms with Gasteiger partial charge in [0.05, 0.1) is 11.2 Å². The van der Waals surface area contributed by atoms with Crippen molar-refractivity contribution < 1.29 is 4.74 Å².